The van der Waals surface area contributed by atoms with Gasteiger partial charge in [-0.25, -0.2) is 4.98 Å². The fourth-order valence-electron chi connectivity index (χ4n) is 1.63. The lowest BCUT2D eigenvalue weighted by Gasteiger charge is -2.14. The average molecular weight is 317 g/mol. The van der Waals surface area contributed by atoms with Gasteiger partial charge in [0.25, 0.3) is 0 Å². The van der Waals surface area contributed by atoms with Crippen molar-refractivity contribution in [2.24, 2.45) is 0 Å². The van der Waals surface area contributed by atoms with Crippen molar-refractivity contribution >= 4 is 17.3 Å². The smallest absolute Gasteiger partial charge is 0.416 e. The molecule has 0 unspecified atom stereocenters. The van der Waals surface area contributed by atoms with Gasteiger partial charge >= 0.3 is 6.18 Å². The highest BCUT2D eigenvalue weighted by Gasteiger charge is 2.31. The van der Waals surface area contributed by atoms with Crippen molar-refractivity contribution in [3.05, 3.63) is 47.1 Å². The second-order valence-electron chi connectivity index (χ2n) is 4.51. The lowest BCUT2D eigenvalue weighted by molar-refractivity contribution is -0.137. The maximum atomic E-state index is 12.7. The first-order valence-corrected chi connectivity index (χ1v) is 6.33. The van der Waals surface area contributed by atoms with Gasteiger partial charge in [0.05, 0.1) is 5.56 Å². The molecule has 0 spiro atoms. The lowest BCUT2D eigenvalue weighted by atomic mass is 10.2. The van der Waals surface area contributed by atoms with Crippen molar-refractivity contribution in [2.75, 3.05) is 19.0 Å². The summed E-state index contributed by atoms with van der Waals surface area (Å²) in [6.45, 7) is 0. The summed E-state index contributed by atoms with van der Waals surface area (Å²) in [4.78, 5) is 5.59. The van der Waals surface area contributed by atoms with Gasteiger partial charge < -0.3 is 9.64 Å². The summed E-state index contributed by atoms with van der Waals surface area (Å²) in [5.74, 6) is 0.176. The van der Waals surface area contributed by atoms with E-state index in [1.165, 1.54) is 0 Å². The van der Waals surface area contributed by atoms with E-state index < -0.39 is 11.7 Å². The van der Waals surface area contributed by atoms with Crippen LogP contribution in [0.15, 0.2) is 36.4 Å². The first kappa shape index (κ1) is 15.4. The minimum absolute atomic E-state index is 0.203. The number of hydrogen-bond acceptors (Lipinski definition) is 3. The molecule has 0 fully saturated rings. The van der Waals surface area contributed by atoms with Crippen LogP contribution < -0.4 is 9.64 Å². The summed E-state index contributed by atoms with van der Waals surface area (Å²) in [7, 11) is 3.69. The third kappa shape index (κ3) is 4.01. The number of alkyl halides is 3. The van der Waals surface area contributed by atoms with Gasteiger partial charge in [0, 0.05) is 31.9 Å². The molecule has 1 aromatic heterocycles. The zero-order chi connectivity index (χ0) is 15.6. The van der Waals surface area contributed by atoms with E-state index in [9.17, 15) is 13.2 Å². The summed E-state index contributed by atoms with van der Waals surface area (Å²) in [6.07, 6.45) is -4.50. The molecule has 0 saturated heterocycles. The molecule has 0 atom stereocenters. The zero-order valence-electron chi connectivity index (χ0n) is 11.3. The second-order valence-corrected chi connectivity index (χ2v) is 4.90. The molecule has 0 amide bonds. The highest BCUT2D eigenvalue weighted by atomic mass is 35.5. The molecule has 0 aliphatic heterocycles. The number of halogens is 4. The Bertz CT molecular complexity index is 644. The highest BCUT2D eigenvalue weighted by Crippen LogP contribution is 2.34. The molecule has 0 radical (unpaired) electrons. The van der Waals surface area contributed by atoms with Crippen LogP contribution in [-0.2, 0) is 6.18 Å². The molecule has 0 aliphatic rings. The Morgan fingerprint density at radius 3 is 2.48 bits per heavy atom. The van der Waals surface area contributed by atoms with E-state index in [1.54, 1.807) is 18.2 Å². The Hall–Kier alpha value is -1.95. The topological polar surface area (TPSA) is 25.4 Å². The SMILES string of the molecule is CN(C)c1cccc(Oc2cc(C(F)(F)F)cc(Cl)n2)c1. The van der Waals surface area contributed by atoms with E-state index in [4.69, 9.17) is 16.3 Å². The molecule has 21 heavy (non-hydrogen) atoms. The van der Waals surface area contributed by atoms with E-state index in [0.717, 1.165) is 17.8 Å². The van der Waals surface area contributed by atoms with E-state index in [0.29, 0.717) is 5.75 Å². The summed E-state index contributed by atoms with van der Waals surface area (Å²) in [6, 6.07) is 8.47. The molecule has 112 valence electrons. The van der Waals surface area contributed by atoms with Crippen LogP contribution >= 0.6 is 11.6 Å². The fraction of sp³-hybridized carbons (Fsp3) is 0.214. The highest BCUT2D eigenvalue weighted by molar-refractivity contribution is 6.29. The first-order valence-electron chi connectivity index (χ1n) is 5.96. The van der Waals surface area contributed by atoms with Crippen LogP contribution in [0, 0.1) is 0 Å². The van der Waals surface area contributed by atoms with Gasteiger partial charge in [-0.05, 0) is 18.2 Å². The first-order chi connectivity index (χ1) is 9.75. The number of benzene rings is 1. The standard InChI is InChI=1S/C14H12ClF3N2O/c1-20(2)10-4-3-5-11(8-10)21-13-7-9(14(16,17)18)6-12(15)19-13/h3-8H,1-2H3. The molecular weight excluding hydrogens is 305 g/mol. The van der Waals surface area contributed by atoms with Gasteiger partial charge in [-0.1, -0.05) is 17.7 Å². The van der Waals surface area contributed by atoms with E-state index >= 15 is 0 Å². The zero-order valence-corrected chi connectivity index (χ0v) is 12.0. The Morgan fingerprint density at radius 1 is 1.14 bits per heavy atom. The predicted octanol–water partition coefficient (Wildman–Crippen LogP) is 4.61. The number of pyridine rings is 1. The largest absolute Gasteiger partial charge is 0.439 e. The molecule has 1 aromatic carbocycles. The van der Waals surface area contributed by atoms with Crippen molar-refractivity contribution in [1.82, 2.24) is 4.98 Å². The number of ether oxygens (including phenoxy) is 1. The quantitative estimate of drug-likeness (QED) is 0.773. The molecular formula is C14H12ClF3N2O. The normalized spacial score (nSPS) is 11.3. The van der Waals surface area contributed by atoms with Gasteiger partial charge in [0.1, 0.15) is 10.9 Å². The Kier molecular flexibility index (Phi) is 4.27. The summed E-state index contributed by atoms with van der Waals surface area (Å²) in [5.41, 5.74) is -0.0492. The number of rotatable bonds is 3. The van der Waals surface area contributed by atoms with Gasteiger partial charge in [-0.15, -0.1) is 0 Å². The molecule has 2 rings (SSSR count). The van der Waals surface area contributed by atoms with Crippen LogP contribution in [-0.4, -0.2) is 19.1 Å². The molecule has 0 N–H and O–H groups in total. The predicted molar refractivity (Wildman–Crippen MR) is 75.1 cm³/mol. The molecule has 0 bridgehead atoms. The Labute approximate surface area is 124 Å². The van der Waals surface area contributed by atoms with Gasteiger partial charge in [-0.3, -0.25) is 0 Å². The third-order valence-corrected chi connectivity index (χ3v) is 2.85. The Balaban J connectivity index is 2.31. The minimum Gasteiger partial charge on any atom is -0.439 e. The summed E-state index contributed by atoms with van der Waals surface area (Å²) >= 11 is 5.60. The average Bonchev–Trinajstić information content (AvgIpc) is 2.37. The van der Waals surface area contributed by atoms with Crippen LogP contribution in [0.25, 0.3) is 0 Å². The molecule has 0 saturated carbocycles. The number of anilines is 1. The molecule has 0 aliphatic carbocycles. The number of aromatic nitrogens is 1. The van der Waals surface area contributed by atoms with Crippen LogP contribution in [0.4, 0.5) is 18.9 Å². The van der Waals surface area contributed by atoms with Gasteiger partial charge in [0.2, 0.25) is 5.88 Å². The molecule has 2 aromatic rings. The maximum absolute atomic E-state index is 12.7. The molecule has 1 heterocycles. The molecule has 3 nitrogen and oxygen atoms in total. The maximum Gasteiger partial charge on any atom is 0.416 e. The monoisotopic (exact) mass is 316 g/mol. The van der Waals surface area contributed by atoms with Crippen molar-refractivity contribution in [3.8, 4) is 11.6 Å². The van der Waals surface area contributed by atoms with Gasteiger partial charge in [-0.2, -0.15) is 13.2 Å². The molecule has 7 heteroatoms. The van der Waals surface area contributed by atoms with Gasteiger partial charge in [0.15, 0.2) is 0 Å². The van der Waals surface area contributed by atoms with Crippen LogP contribution in [0.5, 0.6) is 11.6 Å². The minimum atomic E-state index is -4.50. The second kappa shape index (κ2) is 5.81. The van der Waals surface area contributed by atoms with E-state index in [-0.39, 0.29) is 11.0 Å². The summed E-state index contributed by atoms with van der Waals surface area (Å²) < 4.78 is 43.5. The van der Waals surface area contributed by atoms with Crippen molar-refractivity contribution in [3.63, 3.8) is 0 Å². The van der Waals surface area contributed by atoms with Crippen LogP contribution in [0.3, 0.4) is 0 Å². The van der Waals surface area contributed by atoms with Crippen LogP contribution in [0.2, 0.25) is 5.15 Å². The van der Waals surface area contributed by atoms with Crippen molar-refractivity contribution in [2.45, 2.75) is 6.18 Å². The fourth-order valence-corrected chi connectivity index (χ4v) is 1.84. The lowest BCUT2D eigenvalue weighted by Crippen LogP contribution is -2.08. The van der Waals surface area contributed by atoms with Crippen LogP contribution in [0.1, 0.15) is 5.56 Å². The van der Waals surface area contributed by atoms with Crippen molar-refractivity contribution < 1.29 is 17.9 Å². The Morgan fingerprint density at radius 2 is 1.86 bits per heavy atom. The number of hydrogen-bond donors (Lipinski definition) is 0. The van der Waals surface area contributed by atoms with Crippen molar-refractivity contribution in [1.29, 1.82) is 0 Å². The third-order valence-electron chi connectivity index (χ3n) is 2.65. The van der Waals surface area contributed by atoms with E-state index in [1.807, 2.05) is 25.1 Å². The number of nitrogens with zero attached hydrogens (tertiary/aromatic N) is 2. The van der Waals surface area contributed by atoms with E-state index in [2.05, 4.69) is 4.98 Å². The summed E-state index contributed by atoms with van der Waals surface area (Å²) in [5, 5.41) is -0.274.